The molecule has 1 saturated heterocycles. The molecule has 1 amide bonds. The molecule has 0 unspecified atom stereocenters. The predicted molar refractivity (Wildman–Crippen MR) is 118 cm³/mol. The smallest absolute Gasteiger partial charge is 0.225 e. The molecule has 1 aliphatic heterocycles. The molecule has 0 bridgehead atoms. The minimum atomic E-state index is 0.269. The van der Waals surface area contributed by atoms with Crippen molar-refractivity contribution in [3.8, 4) is 10.7 Å². The van der Waals surface area contributed by atoms with E-state index in [4.69, 9.17) is 4.98 Å². The van der Waals surface area contributed by atoms with Crippen molar-refractivity contribution in [1.82, 2.24) is 24.5 Å². The summed E-state index contributed by atoms with van der Waals surface area (Å²) >= 11 is 1.65. The van der Waals surface area contributed by atoms with Crippen LogP contribution >= 0.6 is 11.3 Å². The number of aromatic nitrogens is 4. The molecule has 4 aromatic rings. The molecule has 0 radical (unpaired) electrons. The maximum absolute atomic E-state index is 12.6. The van der Waals surface area contributed by atoms with E-state index >= 15 is 0 Å². The molecule has 152 valence electrons. The lowest BCUT2D eigenvalue weighted by atomic mass is 10.2. The van der Waals surface area contributed by atoms with Gasteiger partial charge in [-0.3, -0.25) is 4.79 Å². The Bertz CT molecular complexity index is 1230. The van der Waals surface area contributed by atoms with Crippen LogP contribution in [0.1, 0.15) is 19.3 Å². The fourth-order valence-electron chi connectivity index (χ4n) is 4.27. The number of carbonyl (C=O) groups excluding carboxylic acids is 1. The number of amides is 1. The van der Waals surface area contributed by atoms with E-state index in [0.717, 1.165) is 78.6 Å². The Kier molecular flexibility index (Phi) is 4.19. The Balaban J connectivity index is 1.46. The lowest BCUT2D eigenvalue weighted by Gasteiger charge is -2.24. The number of nitrogens with zero attached hydrogens (tertiary/aromatic N) is 6. The molecule has 0 spiro atoms. The van der Waals surface area contributed by atoms with E-state index in [2.05, 4.69) is 30.9 Å². The van der Waals surface area contributed by atoms with Crippen LogP contribution in [0.2, 0.25) is 0 Å². The number of rotatable bonds is 3. The second-order valence-corrected chi connectivity index (χ2v) is 8.98. The number of para-hydroxylation sites is 1. The fraction of sp³-hybridized carbons (Fsp3) is 0.364. The number of hydrogen-bond donors (Lipinski definition) is 0. The Morgan fingerprint density at radius 1 is 1.00 bits per heavy atom. The van der Waals surface area contributed by atoms with E-state index in [1.807, 2.05) is 35.2 Å². The van der Waals surface area contributed by atoms with Crippen molar-refractivity contribution in [2.24, 2.45) is 5.92 Å². The van der Waals surface area contributed by atoms with Crippen LogP contribution in [-0.2, 0) is 4.79 Å². The van der Waals surface area contributed by atoms with Crippen LogP contribution in [0, 0.1) is 5.92 Å². The summed E-state index contributed by atoms with van der Waals surface area (Å²) in [5, 5.41) is 12.1. The van der Waals surface area contributed by atoms with E-state index in [1.54, 1.807) is 11.3 Å². The maximum Gasteiger partial charge on any atom is 0.225 e. The summed E-state index contributed by atoms with van der Waals surface area (Å²) < 4.78 is 2.09. The first-order valence-electron chi connectivity index (χ1n) is 10.5. The van der Waals surface area contributed by atoms with E-state index in [1.165, 1.54) is 0 Å². The summed E-state index contributed by atoms with van der Waals surface area (Å²) in [5.74, 6) is 2.28. The van der Waals surface area contributed by atoms with Crippen LogP contribution < -0.4 is 4.90 Å². The quantitative estimate of drug-likeness (QED) is 0.510. The lowest BCUT2D eigenvalue weighted by Crippen LogP contribution is -2.36. The van der Waals surface area contributed by atoms with Crippen LogP contribution in [-0.4, -0.2) is 56.6 Å². The molecule has 30 heavy (non-hydrogen) atoms. The van der Waals surface area contributed by atoms with Gasteiger partial charge < -0.3 is 9.80 Å². The first kappa shape index (κ1) is 17.8. The van der Waals surface area contributed by atoms with Crippen molar-refractivity contribution in [3.63, 3.8) is 0 Å². The number of carbonyl (C=O) groups is 1. The Morgan fingerprint density at radius 2 is 1.90 bits per heavy atom. The molecule has 0 N–H and O–H groups in total. The van der Waals surface area contributed by atoms with Gasteiger partial charge in [-0.1, -0.05) is 18.2 Å². The van der Waals surface area contributed by atoms with E-state index in [9.17, 15) is 4.79 Å². The number of fused-ring (bicyclic) bond motifs is 3. The number of anilines is 1. The standard InChI is InChI=1S/C22H22N6OS/c29-21(15-8-9-15)26-10-4-11-27(13-12-26)22-23-17-6-2-1-5-16(17)19-24-25-20(28(19)22)18-7-3-14-30-18/h1-3,5-7,14-15H,4,8-13H2. The number of thiophene rings is 1. The summed E-state index contributed by atoms with van der Waals surface area (Å²) in [6, 6.07) is 12.2. The molecule has 1 aliphatic carbocycles. The highest BCUT2D eigenvalue weighted by atomic mass is 32.1. The van der Waals surface area contributed by atoms with E-state index in [-0.39, 0.29) is 5.92 Å². The molecule has 6 rings (SSSR count). The first-order valence-corrected chi connectivity index (χ1v) is 11.4. The van der Waals surface area contributed by atoms with Gasteiger partial charge >= 0.3 is 0 Å². The van der Waals surface area contributed by atoms with Crippen molar-refractivity contribution >= 4 is 39.7 Å². The number of hydrogen-bond acceptors (Lipinski definition) is 6. The summed E-state index contributed by atoms with van der Waals surface area (Å²) in [6.07, 6.45) is 3.04. The minimum absolute atomic E-state index is 0.269. The summed E-state index contributed by atoms with van der Waals surface area (Å²) in [5.41, 5.74) is 1.74. The minimum Gasteiger partial charge on any atom is -0.341 e. The molecule has 2 aliphatic rings. The molecule has 0 atom stereocenters. The Labute approximate surface area is 178 Å². The van der Waals surface area contributed by atoms with Crippen molar-refractivity contribution in [3.05, 3.63) is 41.8 Å². The molecule has 7 nitrogen and oxygen atoms in total. The lowest BCUT2D eigenvalue weighted by molar-refractivity contribution is -0.132. The highest BCUT2D eigenvalue weighted by molar-refractivity contribution is 7.13. The molecule has 1 saturated carbocycles. The van der Waals surface area contributed by atoms with Crippen LogP contribution in [0.4, 0.5) is 5.95 Å². The normalized spacial score (nSPS) is 17.6. The Hall–Kier alpha value is -3.00. The van der Waals surface area contributed by atoms with Gasteiger partial charge in [0.25, 0.3) is 0 Å². The average Bonchev–Trinajstić information content (AvgIpc) is 3.39. The van der Waals surface area contributed by atoms with Crippen molar-refractivity contribution in [1.29, 1.82) is 0 Å². The van der Waals surface area contributed by atoms with Gasteiger partial charge in [0, 0.05) is 37.5 Å². The largest absolute Gasteiger partial charge is 0.341 e. The molecule has 8 heteroatoms. The van der Waals surface area contributed by atoms with Crippen molar-refractivity contribution in [2.75, 3.05) is 31.1 Å². The molecule has 2 fully saturated rings. The molecular formula is C22H22N6OS. The zero-order valence-corrected chi connectivity index (χ0v) is 17.4. The zero-order valence-electron chi connectivity index (χ0n) is 16.6. The van der Waals surface area contributed by atoms with Gasteiger partial charge in [0.15, 0.2) is 11.5 Å². The Morgan fingerprint density at radius 3 is 2.73 bits per heavy atom. The predicted octanol–water partition coefficient (Wildman–Crippen LogP) is 3.45. The second kappa shape index (κ2) is 7.05. The van der Waals surface area contributed by atoms with Gasteiger partial charge in [-0.15, -0.1) is 21.5 Å². The third-order valence-electron chi connectivity index (χ3n) is 5.99. The third kappa shape index (κ3) is 2.94. The van der Waals surface area contributed by atoms with Gasteiger partial charge in [-0.05, 0) is 42.8 Å². The molecular weight excluding hydrogens is 396 g/mol. The van der Waals surface area contributed by atoms with Gasteiger partial charge in [0.2, 0.25) is 11.9 Å². The van der Waals surface area contributed by atoms with E-state index < -0.39 is 0 Å². The molecule has 1 aromatic carbocycles. The highest BCUT2D eigenvalue weighted by Crippen LogP contribution is 2.33. The number of benzene rings is 1. The van der Waals surface area contributed by atoms with Crippen LogP contribution in [0.3, 0.4) is 0 Å². The fourth-order valence-corrected chi connectivity index (χ4v) is 4.97. The SMILES string of the molecule is O=C(C1CC1)N1CCCN(c2nc3ccccc3c3nnc(-c4cccs4)n23)CC1. The monoisotopic (exact) mass is 418 g/mol. The van der Waals surface area contributed by atoms with Gasteiger partial charge in [0.05, 0.1) is 10.4 Å². The van der Waals surface area contributed by atoms with Crippen LogP contribution in [0.5, 0.6) is 0 Å². The molecule has 4 heterocycles. The van der Waals surface area contributed by atoms with Crippen molar-refractivity contribution < 1.29 is 4.79 Å². The topological polar surface area (TPSA) is 66.6 Å². The van der Waals surface area contributed by atoms with Crippen LogP contribution in [0.25, 0.3) is 27.3 Å². The van der Waals surface area contributed by atoms with E-state index in [0.29, 0.717) is 5.91 Å². The van der Waals surface area contributed by atoms with Gasteiger partial charge in [0.1, 0.15) is 0 Å². The van der Waals surface area contributed by atoms with Gasteiger partial charge in [-0.25, -0.2) is 9.38 Å². The third-order valence-corrected chi connectivity index (χ3v) is 6.85. The summed E-state index contributed by atoms with van der Waals surface area (Å²) in [4.78, 5) is 23.0. The van der Waals surface area contributed by atoms with Crippen LogP contribution in [0.15, 0.2) is 41.8 Å². The summed E-state index contributed by atoms with van der Waals surface area (Å²) in [7, 11) is 0. The molecule has 3 aromatic heterocycles. The summed E-state index contributed by atoms with van der Waals surface area (Å²) in [6.45, 7) is 3.18. The first-order chi connectivity index (χ1) is 14.8. The van der Waals surface area contributed by atoms with Crippen molar-refractivity contribution in [2.45, 2.75) is 19.3 Å². The second-order valence-electron chi connectivity index (χ2n) is 8.03. The van der Waals surface area contributed by atoms with Gasteiger partial charge in [-0.2, -0.15) is 0 Å². The highest BCUT2D eigenvalue weighted by Gasteiger charge is 2.34. The maximum atomic E-state index is 12.6. The zero-order chi connectivity index (χ0) is 20.1. The average molecular weight is 419 g/mol.